The van der Waals surface area contributed by atoms with Crippen molar-refractivity contribution in [2.45, 2.75) is 31.6 Å². The molecular formula is C15H19NO4S. The van der Waals surface area contributed by atoms with Gasteiger partial charge in [-0.2, -0.15) is 4.31 Å². The molecule has 5 nitrogen and oxygen atoms in total. The van der Waals surface area contributed by atoms with Crippen molar-refractivity contribution in [3.63, 3.8) is 0 Å². The number of nitrogens with zero attached hydrogens (tertiary/aromatic N) is 1. The predicted octanol–water partition coefficient (Wildman–Crippen LogP) is 1.88. The summed E-state index contributed by atoms with van der Waals surface area (Å²) in [6, 6.07) is 6.04. The second-order valence-electron chi connectivity index (χ2n) is 5.40. The lowest BCUT2D eigenvalue weighted by molar-refractivity contribution is -0.121. The van der Waals surface area contributed by atoms with E-state index in [4.69, 9.17) is 0 Å². The lowest BCUT2D eigenvalue weighted by atomic mass is 9.96. The van der Waals surface area contributed by atoms with E-state index in [2.05, 4.69) is 0 Å². The third-order valence-corrected chi connectivity index (χ3v) is 5.70. The van der Waals surface area contributed by atoms with Crippen LogP contribution in [0.4, 0.5) is 0 Å². The topological polar surface area (TPSA) is 71.5 Å². The molecule has 0 aromatic heterocycles. The van der Waals surface area contributed by atoms with Gasteiger partial charge in [-0.3, -0.25) is 9.59 Å². The Morgan fingerprint density at radius 1 is 1.24 bits per heavy atom. The summed E-state index contributed by atoms with van der Waals surface area (Å²) in [5.74, 6) is -0.385. The average molecular weight is 309 g/mol. The van der Waals surface area contributed by atoms with Crippen LogP contribution in [-0.2, 0) is 14.8 Å². The molecule has 0 saturated carbocycles. The van der Waals surface area contributed by atoms with E-state index >= 15 is 0 Å². The van der Waals surface area contributed by atoms with Crippen LogP contribution in [-0.4, -0.2) is 37.4 Å². The Hall–Kier alpha value is -1.53. The van der Waals surface area contributed by atoms with Crippen molar-refractivity contribution in [2.24, 2.45) is 5.92 Å². The van der Waals surface area contributed by atoms with Gasteiger partial charge in [0.2, 0.25) is 10.0 Å². The van der Waals surface area contributed by atoms with Crippen LogP contribution in [0.15, 0.2) is 29.2 Å². The fourth-order valence-corrected chi connectivity index (χ4v) is 4.09. The third-order valence-electron chi connectivity index (χ3n) is 3.84. The van der Waals surface area contributed by atoms with Gasteiger partial charge in [0, 0.05) is 24.6 Å². The summed E-state index contributed by atoms with van der Waals surface area (Å²) in [7, 11) is -3.66. The van der Waals surface area contributed by atoms with Gasteiger partial charge in [-0.25, -0.2) is 8.42 Å². The molecule has 0 bridgehead atoms. The molecule has 0 spiro atoms. The second-order valence-corrected chi connectivity index (χ2v) is 7.33. The summed E-state index contributed by atoms with van der Waals surface area (Å²) in [4.78, 5) is 23.0. The first-order chi connectivity index (χ1) is 9.82. The van der Waals surface area contributed by atoms with E-state index in [1.54, 1.807) is 12.1 Å². The van der Waals surface area contributed by atoms with Gasteiger partial charge in [0.05, 0.1) is 4.90 Å². The molecule has 1 aliphatic rings. The van der Waals surface area contributed by atoms with Gasteiger partial charge >= 0.3 is 0 Å². The standard InChI is InChI=1S/C15H19NO4S/c1-11(17)13-5-3-7-15(9-13)21(19,20)16-8-4-6-14(10-16)12(2)18/h3,5,7,9,14H,4,6,8,10H2,1-2H3. The molecule has 21 heavy (non-hydrogen) atoms. The van der Waals surface area contributed by atoms with Crippen molar-refractivity contribution in [3.05, 3.63) is 29.8 Å². The minimum absolute atomic E-state index is 0.0207. The fourth-order valence-electron chi connectivity index (χ4n) is 2.52. The summed E-state index contributed by atoms with van der Waals surface area (Å²) in [5.41, 5.74) is 0.371. The lowest BCUT2D eigenvalue weighted by Crippen LogP contribution is -2.41. The van der Waals surface area contributed by atoms with Crippen LogP contribution < -0.4 is 0 Å². The van der Waals surface area contributed by atoms with E-state index < -0.39 is 10.0 Å². The Morgan fingerprint density at radius 3 is 2.57 bits per heavy atom. The molecule has 1 unspecified atom stereocenters. The largest absolute Gasteiger partial charge is 0.300 e. The normalized spacial score (nSPS) is 20.2. The Kier molecular flexibility index (Phi) is 4.58. The zero-order valence-electron chi connectivity index (χ0n) is 12.2. The van der Waals surface area contributed by atoms with Gasteiger partial charge in [0.1, 0.15) is 5.78 Å². The Labute approximate surface area is 125 Å². The number of rotatable bonds is 4. The molecule has 114 valence electrons. The molecule has 1 atom stereocenters. The predicted molar refractivity (Wildman–Crippen MR) is 78.6 cm³/mol. The second kappa shape index (κ2) is 6.07. The van der Waals surface area contributed by atoms with Crippen molar-refractivity contribution in [2.75, 3.05) is 13.1 Å². The van der Waals surface area contributed by atoms with Crippen molar-refractivity contribution < 1.29 is 18.0 Å². The Morgan fingerprint density at radius 2 is 1.95 bits per heavy atom. The lowest BCUT2D eigenvalue weighted by Gasteiger charge is -2.30. The monoisotopic (exact) mass is 309 g/mol. The van der Waals surface area contributed by atoms with E-state index in [0.717, 1.165) is 6.42 Å². The van der Waals surface area contributed by atoms with Gasteiger partial charge in [-0.05, 0) is 38.8 Å². The molecule has 1 aromatic rings. The molecule has 1 aromatic carbocycles. The van der Waals surface area contributed by atoms with Crippen molar-refractivity contribution in [1.82, 2.24) is 4.31 Å². The van der Waals surface area contributed by atoms with E-state index in [9.17, 15) is 18.0 Å². The van der Waals surface area contributed by atoms with E-state index in [1.807, 2.05) is 0 Å². The summed E-state index contributed by atoms with van der Waals surface area (Å²) in [5, 5.41) is 0. The first kappa shape index (κ1) is 15.9. The molecule has 2 rings (SSSR count). The quantitative estimate of drug-likeness (QED) is 0.796. The summed E-state index contributed by atoms with van der Waals surface area (Å²) in [6.45, 7) is 3.54. The first-order valence-electron chi connectivity index (χ1n) is 6.94. The van der Waals surface area contributed by atoms with Gasteiger partial charge in [-0.15, -0.1) is 0 Å². The van der Waals surface area contributed by atoms with Crippen LogP contribution in [0, 0.1) is 5.92 Å². The highest BCUT2D eigenvalue weighted by atomic mass is 32.2. The van der Waals surface area contributed by atoms with Crippen LogP contribution in [0.25, 0.3) is 0 Å². The van der Waals surface area contributed by atoms with Crippen molar-refractivity contribution in [1.29, 1.82) is 0 Å². The van der Waals surface area contributed by atoms with Crippen LogP contribution >= 0.6 is 0 Å². The number of ketones is 2. The third kappa shape index (κ3) is 3.39. The van der Waals surface area contributed by atoms with Gasteiger partial charge in [0.25, 0.3) is 0 Å². The molecule has 1 aliphatic heterocycles. The summed E-state index contributed by atoms with van der Waals surface area (Å²) < 4.78 is 26.6. The van der Waals surface area contributed by atoms with Crippen LogP contribution in [0.1, 0.15) is 37.0 Å². The van der Waals surface area contributed by atoms with Crippen molar-refractivity contribution in [3.8, 4) is 0 Å². The molecule has 0 amide bonds. The minimum atomic E-state index is -3.66. The summed E-state index contributed by atoms with van der Waals surface area (Å²) in [6.07, 6.45) is 1.41. The SMILES string of the molecule is CC(=O)c1cccc(S(=O)(=O)N2CCCC(C(C)=O)C2)c1. The summed E-state index contributed by atoms with van der Waals surface area (Å²) >= 11 is 0. The fraction of sp³-hybridized carbons (Fsp3) is 0.467. The highest BCUT2D eigenvalue weighted by molar-refractivity contribution is 7.89. The zero-order valence-corrected chi connectivity index (χ0v) is 13.0. The van der Waals surface area contributed by atoms with E-state index in [1.165, 1.54) is 30.3 Å². The highest BCUT2D eigenvalue weighted by Gasteiger charge is 2.32. The maximum atomic E-state index is 12.6. The Bertz CT molecular complexity index is 666. The van der Waals surface area contributed by atoms with E-state index in [0.29, 0.717) is 18.5 Å². The number of carbonyl (C=O) groups is 2. The van der Waals surface area contributed by atoms with Gasteiger partial charge < -0.3 is 0 Å². The number of carbonyl (C=O) groups excluding carboxylic acids is 2. The number of piperidine rings is 1. The molecule has 1 fully saturated rings. The average Bonchev–Trinajstić information content (AvgIpc) is 2.47. The van der Waals surface area contributed by atoms with Gasteiger partial charge in [-0.1, -0.05) is 12.1 Å². The van der Waals surface area contributed by atoms with Crippen molar-refractivity contribution >= 4 is 21.6 Å². The molecule has 6 heteroatoms. The van der Waals surface area contributed by atoms with Crippen LogP contribution in [0.2, 0.25) is 0 Å². The number of hydrogen-bond acceptors (Lipinski definition) is 4. The number of hydrogen-bond donors (Lipinski definition) is 0. The molecule has 0 N–H and O–H groups in total. The minimum Gasteiger partial charge on any atom is -0.300 e. The maximum Gasteiger partial charge on any atom is 0.243 e. The number of Topliss-reactive ketones (excluding diaryl/α,β-unsaturated/α-hetero) is 2. The van der Waals surface area contributed by atoms with Crippen LogP contribution in [0.3, 0.4) is 0 Å². The number of benzene rings is 1. The molecule has 1 heterocycles. The van der Waals surface area contributed by atoms with Gasteiger partial charge in [0.15, 0.2) is 5.78 Å². The van der Waals surface area contributed by atoms with E-state index in [-0.39, 0.29) is 28.9 Å². The van der Waals surface area contributed by atoms with Crippen LogP contribution in [0.5, 0.6) is 0 Å². The molecule has 1 saturated heterocycles. The first-order valence-corrected chi connectivity index (χ1v) is 8.38. The number of sulfonamides is 1. The highest BCUT2D eigenvalue weighted by Crippen LogP contribution is 2.24. The molecule has 0 aliphatic carbocycles. The molecule has 0 radical (unpaired) electrons. The zero-order chi connectivity index (χ0) is 15.6. The molecular weight excluding hydrogens is 290 g/mol. The smallest absolute Gasteiger partial charge is 0.243 e. The maximum absolute atomic E-state index is 12.6. The Balaban J connectivity index is 2.31.